The third-order valence-electron chi connectivity index (χ3n) is 4.75. The number of hydrogen-bond donors (Lipinski definition) is 1. The second-order valence-electron chi connectivity index (χ2n) is 7.02. The Balaban J connectivity index is 1.77. The van der Waals surface area contributed by atoms with Crippen molar-refractivity contribution in [3.63, 3.8) is 0 Å². The number of unbranched alkanes of at least 4 members (excludes halogenated alkanes) is 9. The fraction of sp³-hybridized carbons (Fsp3) is 0.950. The van der Waals surface area contributed by atoms with Gasteiger partial charge in [0, 0.05) is 22.7 Å². The van der Waals surface area contributed by atoms with Crippen LogP contribution in [0.15, 0.2) is 0 Å². The van der Waals surface area contributed by atoms with Crippen LogP contribution in [-0.4, -0.2) is 28.8 Å². The lowest BCUT2D eigenvalue weighted by molar-refractivity contribution is -0.143. The Morgan fingerprint density at radius 3 is 2.00 bits per heavy atom. The second kappa shape index (κ2) is 15.4. The average molecular weight is 375 g/mol. The van der Waals surface area contributed by atoms with Gasteiger partial charge in [-0.25, -0.2) is 0 Å². The molecule has 1 heterocycles. The van der Waals surface area contributed by atoms with E-state index in [2.05, 4.69) is 31.3 Å². The van der Waals surface area contributed by atoms with E-state index in [4.69, 9.17) is 4.74 Å². The molecule has 0 aromatic rings. The quantitative estimate of drug-likeness (QED) is 0.138. The summed E-state index contributed by atoms with van der Waals surface area (Å²) in [5, 5.41) is 1.95. The van der Waals surface area contributed by atoms with Gasteiger partial charge in [0.2, 0.25) is 0 Å². The third-order valence-corrected chi connectivity index (χ3v) is 6.45. The summed E-state index contributed by atoms with van der Waals surface area (Å²) in [4.78, 5) is 11.3. The largest absolute Gasteiger partial charge is 0.465 e. The number of ether oxygens (including phenoxy) is 1. The highest BCUT2D eigenvalue weighted by molar-refractivity contribution is 8.07. The fourth-order valence-corrected chi connectivity index (χ4v) is 4.52. The lowest BCUT2D eigenvalue weighted by Crippen LogP contribution is -2.06. The smallest absolute Gasteiger partial charge is 0.305 e. The van der Waals surface area contributed by atoms with Gasteiger partial charge in [0.25, 0.3) is 0 Å². The molecule has 1 saturated heterocycles. The van der Waals surface area contributed by atoms with Gasteiger partial charge in [-0.2, -0.15) is 24.4 Å². The Hall–Kier alpha value is 0.170. The summed E-state index contributed by atoms with van der Waals surface area (Å²) in [6.07, 6.45) is 18.1. The van der Waals surface area contributed by atoms with Crippen LogP contribution in [0.4, 0.5) is 0 Å². The van der Waals surface area contributed by atoms with Crippen LogP contribution >= 0.6 is 24.4 Å². The molecule has 0 N–H and O–H groups in total. The molecular formula is C20H38O2S2. The van der Waals surface area contributed by atoms with Crippen molar-refractivity contribution in [3.8, 4) is 0 Å². The molecule has 142 valence electrons. The standard InChI is InChI=1S/C20H38O2S2/c1-2-3-4-5-7-10-13-18-19(24-18)14-11-8-6-9-12-15-20(21)22-16-17-23/h18-19,23H,2-17H2,1H3. The molecule has 1 aliphatic rings. The van der Waals surface area contributed by atoms with Gasteiger partial charge in [-0.3, -0.25) is 4.79 Å². The maximum atomic E-state index is 11.3. The third kappa shape index (κ3) is 12.5. The van der Waals surface area contributed by atoms with Crippen LogP contribution in [0.1, 0.15) is 96.8 Å². The maximum Gasteiger partial charge on any atom is 0.305 e. The number of carbonyl (C=O) groups is 1. The summed E-state index contributed by atoms with van der Waals surface area (Å²) >= 11 is 6.24. The molecule has 2 atom stereocenters. The Labute approximate surface area is 159 Å². The van der Waals surface area contributed by atoms with E-state index in [1.165, 1.54) is 70.6 Å². The van der Waals surface area contributed by atoms with Gasteiger partial charge in [0.1, 0.15) is 6.61 Å². The Kier molecular flexibility index (Phi) is 14.3. The predicted molar refractivity (Wildman–Crippen MR) is 110 cm³/mol. The van der Waals surface area contributed by atoms with E-state index >= 15 is 0 Å². The molecule has 0 aliphatic carbocycles. The zero-order chi connectivity index (χ0) is 17.5. The molecular weight excluding hydrogens is 336 g/mol. The zero-order valence-electron chi connectivity index (χ0n) is 15.6. The zero-order valence-corrected chi connectivity index (χ0v) is 17.4. The van der Waals surface area contributed by atoms with E-state index in [1.807, 2.05) is 0 Å². The monoisotopic (exact) mass is 374 g/mol. The van der Waals surface area contributed by atoms with Crippen molar-refractivity contribution in [2.24, 2.45) is 0 Å². The molecule has 1 rings (SSSR count). The SMILES string of the molecule is CCCCCCCCC1SC1CCCCCCCC(=O)OCCS. The van der Waals surface area contributed by atoms with E-state index in [0.717, 1.165) is 23.3 Å². The van der Waals surface area contributed by atoms with E-state index in [-0.39, 0.29) is 5.97 Å². The van der Waals surface area contributed by atoms with Gasteiger partial charge in [-0.05, 0) is 19.3 Å². The Morgan fingerprint density at radius 2 is 1.42 bits per heavy atom. The van der Waals surface area contributed by atoms with Crippen molar-refractivity contribution in [3.05, 3.63) is 0 Å². The van der Waals surface area contributed by atoms with E-state index in [0.29, 0.717) is 18.8 Å². The molecule has 0 saturated carbocycles. The highest BCUT2D eigenvalue weighted by Gasteiger charge is 2.36. The molecule has 2 nitrogen and oxygen atoms in total. The highest BCUT2D eigenvalue weighted by Crippen LogP contribution is 2.47. The molecule has 0 aromatic heterocycles. The molecule has 0 radical (unpaired) electrons. The summed E-state index contributed by atoms with van der Waals surface area (Å²) in [5.41, 5.74) is 0. The summed E-state index contributed by atoms with van der Waals surface area (Å²) in [6, 6.07) is 0. The van der Waals surface area contributed by atoms with Gasteiger partial charge >= 0.3 is 5.97 Å². The molecule has 1 aliphatic heterocycles. The van der Waals surface area contributed by atoms with E-state index in [9.17, 15) is 4.79 Å². The Bertz CT molecular complexity index is 310. The van der Waals surface area contributed by atoms with Gasteiger partial charge in [-0.15, -0.1) is 0 Å². The topological polar surface area (TPSA) is 26.3 Å². The maximum absolute atomic E-state index is 11.3. The average Bonchev–Trinajstić information content (AvgIpc) is 3.33. The molecule has 0 bridgehead atoms. The number of hydrogen-bond acceptors (Lipinski definition) is 4. The van der Waals surface area contributed by atoms with Gasteiger partial charge in [0.05, 0.1) is 0 Å². The molecule has 24 heavy (non-hydrogen) atoms. The summed E-state index contributed by atoms with van der Waals surface area (Å²) in [5.74, 6) is 0.557. The first-order chi connectivity index (χ1) is 11.8. The van der Waals surface area contributed by atoms with Crippen molar-refractivity contribution in [2.75, 3.05) is 12.4 Å². The highest BCUT2D eigenvalue weighted by atomic mass is 32.2. The van der Waals surface area contributed by atoms with Crippen LogP contribution in [0.2, 0.25) is 0 Å². The van der Waals surface area contributed by atoms with Crippen molar-refractivity contribution in [1.29, 1.82) is 0 Å². The Morgan fingerprint density at radius 1 is 0.875 bits per heavy atom. The number of thioether (sulfide) groups is 1. The van der Waals surface area contributed by atoms with Gasteiger partial charge in [-0.1, -0.05) is 71.1 Å². The summed E-state index contributed by atoms with van der Waals surface area (Å²) in [6.45, 7) is 2.73. The number of esters is 1. The normalized spacial score (nSPS) is 19.4. The lowest BCUT2D eigenvalue weighted by atomic mass is 10.0. The number of thiol groups is 1. The van der Waals surface area contributed by atoms with Crippen LogP contribution in [-0.2, 0) is 9.53 Å². The first kappa shape index (κ1) is 22.2. The van der Waals surface area contributed by atoms with Crippen LogP contribution in [0.3, 0.4) is 0 Å². The number of carbonyl (C=O) groups excluding carboxylic acids is 1. The molecule has 2 unspecified atom stereocenters. The van der Waals surface area contributed by atoms with Crippen LogP contribution < -0.4 is 0 Å². The first-order valence-corrected chi connectivity index (χ1v) is 11.8. The predicted octanol–water partition coefficient (Wildman–Crippen LogP) is 6.42. The van der Waals surface area contributed by atoms with Crippen molar-refractivity contribution >= 4 is 30.4 Å². The molecule has 0 aromatic carbocycles. The molecule has 1 fully saturated rings. The van der Waals surface area contributed by atoms with Crippen LogP contribution in [0.25, 0.3) is 0 Å². The minimum atomic E-state index is -0.0593. The van der Waals surface area contributed by atoms with Crippen LogP contribution in [0, 0.1) is 0 Å². The first-order valence-electron chi connectivity index (χ1n) is 10.2. The van der Waals surface area contributed by atoms with E-state index in [1.54, 1.807) is 0 Å². The minimum absolute atomic E-state index is 0.0593. The second-order valence-corrected chi connectivity index (χ2v) is 8.95. The molecule has 0 amide bonds. The minimum Gasteiger partial charge on any atom is -0.465 e. The van der Waals surface area contributed by atoms with Crippen molar-refractivity contribution in [1.82, 2.24) is 0 Å². The van der Waals surface area contributed by atoms with Gasteiger partial charge in [0.15, 0.2) is 0 Å². The lowest BCUT2D eigenvalue weighted by Gasteiger charge is -2.03. The number of rotatable bonds is 17. The fourth-order valence-electron chi connectivity index (χ4n) is 3.19. The summed E-state index contributed by atoms with van der Waals surface area (Å²) in [7, 11) is 0. The van der Waals surface area contributed by atoms with Crippen molar-refractivity contribution < 1.29 is 9.53 Å². The van der Waals surface area contributed by atoms with Crippen LogP contribution in [0.5, 0.6) is 0 Å². The van der Waals surface area contributed by atoms with Crippen molar-refractivity contribution in [2.45, 2.75) is 107 Å². The summed E-state index contributed by atoms with van der Waals surface area (Å²) < 4.78 is 5.01. The van der Waals surface area contributed by atoms with Gasteiger partial charge < -0.3 is 4.74 Å². The molecule has 4 heteroatoms. The molecule has 0 spiro atoms. The van der Waals surface area contributed by atoms with E-state index < -0.39 is 0 Å².